The third kappa shape index (κ3) is 3.81. The molecule has 0 amide bonds. The van der Waals surface area contributed by atoms with Gasteiger partial charge < -0.3 is 14.2 Å². The van der Waals surface area contributed by atoms with Crippen molar-refractivity contribution in [2.24, 2.45) is 5.92 Å². The van der Waals surface area contributed by atoms with E-state index in [9.17, 15) is 4.79 Å². The molecule has 2 heterocycles. The molecule has 2 saturated heterocycles. The predicted octanol–water partition coefficient (Wildman–Crippen LogP) is 4.03. The first-order valence-electron chi connectivity index (χ1n) is 9.27. The monoisotopic (exact) mass is 352 g/mol. The third-order valence-electron chi connectivity index (χ3n) is 5.30. The minimum absolute atomic E-state index is 0.00479. The van der Waals surface area contributed by atoms with Crippen LogP contribution in [0.2, 0.25) is 0 Å². The minimum atomic E-state index is -0.250. The molecule has 0 aromatic heterocycles. The number of ketones is 1. The molecule has 4 rings (SSSR count). The quantitative estimate of drug-likeness (QED) is 0.762. The molecule has 2 aromatic rings. The van der Waals surface area contributed by atoms with E-state index in [1.165, 1.54) is 0 Å². The molecule has 2 aliphatic heterocycles. The van der Waals surface area contributed by atoms with Crippen LogP contribution < -0.4 is 4.74 Å². The molecule has 0 saturated carbocycles. The summed E-state index contributed by atoms with van der Waals surface area (Å²) in [5, 5.41) is 0. The molecule has 0 aliphatic carbocycles. The molecule has 2 fully saturated rings. The van der Waals surface area contributed by atoms with E-state index in [2.05, 4.69) is 0 Å². The lowest BCUT2D eigenvalue weighted by molar-refractivity contribution is -0.0920. The van der Waals surface area contributed by atoms with Crippen LogP contribution >= 0.6 is 0 Å². The van der Waals surface area contributed by atoms with Gasteiger partial charge in [-0.15, -0.1) is 0 Å². The zero-order valence-electron chi connectivity index (χ0n) is 14.9. The van der Waals surface area contributed by atoms with Gasteiger partial charge in [0, 0.05) is 31.1 Å². The number of carbonyl (C=O) groups is 1. The minimum Gasteiger partial charge on any atom is -0.489 e. The molecule has 26 heavy (non-hydrogen) atoms. The van der Waals surface area contributed by atoms with E-state index < -0.39 is 0 Å². The second kappa shape index (κ2) is 7.60. The molecule has 4 nitrogen and oxygen atoms in total. The first-order chi connectivity index (χ1) is 12.7. The highest BCUT2D eigenvalue weighted by Crippen LogP contribution is 2.37. The number of hydrogen-bond acceptors (Lipinski definition) is 4. The van der Waals surface area contributed by atoms with Gasteiger partial charge in [-0.2, -0.15) is 0 Å². The summed E-state index contributed by atoms with van der Waals surface area (Å²) < 4.78 is 17.3. The molecule has 2 aromatic carbocycles. The highest BCUT2D eigenvalue weighted by atomic mass is 16.6. The summed E-state index contributed by atoms with van der Waals surface area (Å²) in [5.74, 6) is 0.908. The van der Waals surface area contributed by atoms with E-state index in [-0.39, 0.29) is 17.3 Å². The maximum atomic E-state index is 13.0. The van der Waals surface area contributed by atoms with Gasteiger partial charge in [0.1, 0.15) is 12.4 Å². The maximum absolute atomic E-state index is 13.0. The Hall–Kier alpha value is -2.17. The maximum Gasteiger partial charge on any atom is 0.166 e. The smallest absolute Gasteiger partial charge is 0.166 e. The summed E-state index contributed by atoms with van der Waals surface area (Å²) in [5.41, 5.74) is 1.58. The second-order valence-electron chi connectivity index (χ2n) is 7.19. The Bertz CT molecular complexity index is 750. The molecule has 0 bridgehead atoms. The highest BCUT2D eigenvalue weighted by Gasteiger charge is 2.43. The Morgan fingerprint density at radius 2 is 2.00 bits per heavy atom. The summed E-state index contributed by atoms with van der Waals surface area (Å²) >= 11 is 0. The summed E-state index contributed by atoms with van der Waals surface area (Å²) in [4.78, 5) is 13.0. The van der Waals surface area contributed by atoms with Crippen molar-refractivity contribution in [3.63, 3.8) is 0 Å². The topological polar surface area (TPSA) is 44.8 Å². The lowest BCUT2D eigenvalue weighted by Crippen LogP contribution is -2.42. The molecule has 1 spiro atoms. The van der Waals surface area contributed by atoms with Crippen molar-refractivity contribution in [3.05, 3.63) is 65.7 Å². The number of benzene rings is 2. The van der Waals surface area contributed by atoms with Crippen LogP contribution in [0, 0.1) is 5.92 Å². The first kappa shape index (κ1) is 17.3. The fourth-order valence-corrected chi connectivity index (χ4v) is 3.83. The standard InChI is InChI=1S/C22H24O4/c23-21(19-9-11-26-22(14-19)10-12-24-16-22)18-7-4-8-20(13-18)25-15-17-5-2-1-3-6-17/h1-8,13,19H,9-12,14-16H2. The molecular formula is C22H24O4. The van der Waals surface area contributed by atoms with Crippen molar-refractivity contribution in [1.29, 1.82) is 0 Å². The van der Waals surface area contributed by atoms with Crippen molar-refractivity contribution >= 4 is 5.78 Å². The van der Waals surface area contributed by atoms with E-state index in [0.717, 1.165) is 42.7 Å². The Kier molecular flexibility index (Phi) is 5.05. The zero-order chi connectivity index (χ0) is 17.8. The fourth-order valence-electron chi connectivity index (χ4n) is 3.83. The molecule has 136 valence electrons. The van der Waals surface area contributed by atoms with Crippen LogP contribution in [-0.2, 0) is 16.1 Å². The lowest BCUT2D eigenvalue weighted by Gasteiger charge is -2.36. The summed E-state index contributed by atoms with van der Waals surface area (Å²) in [6, 6.07) is 17.6. The Morgan fingerprint density at radius 3 is 2.81 bits per heavy atom. The van der Waals surface area contributed by atoms with Gasteiger partial charge in [0.25, 0.3) is 0 Å². The number of Topliss-reactive ketones (excluding diaryl/α,β-unsaturated/α-hetero) is 1. The van der Waals surface area contributed by atoms with Gasteiger partial charge in [0.05, 0.1) is 12.2 Å². The summed E-state index contributed by atoms with van der Waals surface area (Å²) in [6.07, 6.45) is 2.41. The largest absolute Gasteiger partial charge is 0.489 e. The molecule has 0 N–H and O–H groups in total. The van der Waals surface area contributed by atoms with Gasteiger partial charge in [-0.3, -0.25) is 4.79 Å². The molecule has 0 radical (unpaired) electrons. The molecule has 2 unspecified atom stereocenters. The SMILES string of the molecule is O=C(c1cccc(OCc2ccccc2)c1)C1CCOC2(CCOC2)C1. The van der Waals surface area contributed by atoms with E-state index in [4.69, 9.17) is 14.2 Å². The molecular weight excluding hydrogens is 328 g/mol. The van der Waals surface area contributed by atoms with Gasteiger partial charge in [-0.05, 0) is 30.5 Å². The summed E-state index contributed by atoms with van der Waals surface area (Å²) in [6.45, 7) is 2.46. The average molecular weight is 352 g/mol. The van der Waals surface area contributed by atoms with E-state index in [1.807, 2.05) is 54.6 Å². The fraction of sp³-hybridized carbons (Fsp3) is 0.409. The van der Waals surface area contributed by atoms with E-state index in [0.29, 0.717) is 19.8 Å². The van der Waals surface area contributed by atoms with E-state index >= 15 is 0 Å². The third-order valence-corrected chi connectivity index (χ3v) is 5.30. The van der Waals surface area contributed by atoms with Crippen molar-refractivity contribution < 1.29 is 19.0 Å². The normalized spacial score (nSPS) is 25.3. The molecule has 2 aliphatic rings. The Labute approximate surface area is 154 Å². The van der Waals surface area contributed by atoms with Crippen molar-refractivity contribution in [2.75, 3.05) is 19.8 Å². The van der Waals surface area contributed by atoms with Crippen LogP contribution in [0.1, 0.15) is 35.2 Å². The first-order valence-corrected chi connectivity index (χ1v) is 9.27. The number of rotatable bonds is 5. The van der Waals surface area contributed by atoms with Crippen LogP contribution in [0.3, 0.4) is 0 Å². The zero-order valence-corrected chi connectivity index (χ0v) is 14.9. The average Bonchev–Trinajstić information content (AvgIpc) is 3.14. The Balaban J connectivity index is 1.43. The number of carbonyl (C=O) groups excluding carboxylic acids is 1. The van der Waals surface area contributed by atoms with Crippen molar-refractivity contribution in [2.45, 2.75) is 31.5 Å². The van der Waals surface area contributed by atoms with Gasteiger partial charge in [-0.25, -0.2) is 0 Å². The van der Waals surface area contributed by atoms with Crippen LogP contribution in [-0.4, -0.2) is 31.2 Å². The van der Waals surface area contributed by atoms with E-state index in [1.54, 1.807) is 0 Å². The van der Waals surface area contributed by atoms with Crippen LogP contribution in [0.15, 0.2) is 54.6 Å². The lowest BCUT2D eigenvalue weighted by atomic mass is 9.81. The van der Waals surface area contributed by atoms with Crippen LogP contribution in [0.4, 0.5) is 0 Å². The molecule has 4 heteroatoms. The van der Waals surface area contributed by atoms with Crippen LogP contribution in [0.5, 0.6) is 5.75 Å². The number of ether oxygens (including phenoxy) is 3. The summed E-state index contributed by atoms with van der Waals surface area (Å²) in [7, 11) is 0. The van der Waals surface area contributed by atoms with Gasteiger partial charge >= 0.3 is 0 Å². The second-order valence-corrected chi connectivity index (χ2v) is 7.19. The van der Waals surface area contributed by atoms with Gasteiger partial charge in [-0.1, -0.05) is 42.5 Å². The Morgan fingerprint density at radius 1 is 1.12 bits per heavy atom. The van der Waals surface area contributed by atoms with Crippen LogP contribution in [0.25, 0.3) is 0 Å². The highest BCUT2D eigenvalue weighted by molar-refractivity contribution is 5.98. The van der Waals surface area contributed by atoms with Gasteiger partial charge in [0.15, 0.2) is 5.78 Å². The molecule has 2 atom stereocenters. The van der Waals surface area contributed by atoms with Crippen molar-refractivity contribution in [1.82, 2.24) is 0 Å². The predicted molar refractivity (Wildman–Crippen MR) is 98.4 cm³/mol. The van der Waals surface area contributed by atoms with Crippen molar-refractivity contribution in [3.8, 4) is 5.75 Å². The van der Waals surface area contributed by atoms with Gasteiger partial charge in [0.2, 0.25) is 0 Å². The number of hydrogen-bond donors (Lipinski definition) is 0.